The van der Waals surface area contributed by atoms with Gasteiger partial charge in [0.05, 0.1) is 5.69 Å². The van der Waals surface area contributed by atoms with Crippen LogP contribution in [0.3, 0.4) is 0 Å². The summed E-state index contributed by atoms with van der Waals surface area (Å²) in [6.07, 6.45) is 2.18. The van der Waals surface area contributed by atoms with E-state index in [1.165, 1.54) is 11.0 Å². The van der Waals surface area contributed by atoms with Gasteiger partial charge in [-0.1, -0.05) is 5.16 Å². The average Bonchev–Trinajstić information content (AvgIpc) is 2.91. The Kier molecular flexibility index (Phi) is 4.56. The van der Waals surface area contributed by atoms with Crippen LogP contribution in [0.2, 0.25) is 0 Å². The minimum atomic E-state index is -0.767. The van der Waals surface area contributed by atoms with Crippen molar-refractivity contribution < 1.29 is 23.6 Å². The molecule has 0 radical (unpaired) electrons. The summed E-state index contributed by atoms with van der Waals surface area (Å²) in [7, 11) is 0. The zero-order valence-corrected chi connectivity index (χ0v) is 11.7. The number of aromatic nitrogens is 1. The Bertz CT molecular complexity index is 554. The Morgan fingerprint density at radius 3 is 2.86 bits per heavy atom. The third-order valence-corrected chi connectivity index (χ3v) is 3.31. The molecule has 1 saturated heterocycles. The lowest BCUT2D eigenvalue weighted by Crippen LogP contribution is -2.51. The van der Waals surface area contributed by atoms with E-state index >= 15 is 0 Å². The number of rotatable bonds is 4. The van der Waals surface area contributed by atoms with Gasteiger partial charge in [-0.2, -0.15) is 0 Å². The van der Waals surface area contributed by atoms with Crippen LogP contribution in [0, 0.1) is 6.92 Å². The highest BCUT2D eigenvalue weighted by Gasteiger charge is 2.31. The summed E-state index contributed by atoms with van der Waals surface area (Å²) in [4.78, 5) is 36.4. The molecule has 2 N–H and O–H groups in total. The highest BCUT2D eigenvalue weighted by molar-refractivity contribution is 5.90. The molecule has 1 atom stereocenters. The summed E-state index contributed by atoms with van der Waals surface area (Å²) in [6, 6.07) is 0.789. The first-order valence-electron chi connectivity index (χ1n) is 6.68. The van der Waals surface area contributed by atoms with Gasteiger partial charge in [-0.25, -0.2) is 4.79 Å². The number of esters is 1. The molecule has 114 valence electrons. The van der Waals surface area contributed by atoms with Crippen LogP contribution >= 0.6 is 0 Å². The highest BCUT2D eigenvalue weighted by atomic mass is 16.6. The van der Waals surface area contributed by atoms with E-state index in [2.05, 4.69) is 5.16 Å². The quantitative estimate of drug-likeness (QED) is 0.782. The second kappa shape index (κ2) is 6.38. The number of carbonyl (C=O) groups excluding carboxylic acids is 3. The first kappa shape index (κ1) is 15.0. The normalized spacial score (nSPS) is 18.3. The monoisotopic (exact) mass is 295 g/mol. The summed E-state index contributed by atoms with van der Waals surface area (Å²) < 4.78 is 9.61. The number of aryl methyl sites for hydroxylation is 1. The van der Waals surface area contributed by atoms with Crippen LogP contribution in [0.1, 0.15) is 35.5 Å². The zero-order chi connectivity index (χ0) is 15.4. The fourth-order valence-electron chi connectivity index (χ4n) is 2.27. The van der Waals surface area contributed by atoms with Crippen molar-refractivity contribution in [2.75, 3.05) is 13.2 Å². The van der Waals surface area contributed by atoms with Crippen molar-refractivity contribution in [2.45, 2.75) is 32.2 Å². The fraction of sp³-hybridized carbons (Fsp3) is 0.538. The third-order valence-electron chi connectivity index (χ3n) is 3.31. The Hall–Kier alpha value is -2.38. The van der Waals surface area contributed by atoms with Gasteiger partial charge in [-0.05, 0) is 26.2 Å². The molecule has 2 rings (SSSR count). The number of carbonyl (C=O) groups is 3. The van der Waals surface area contributed by atoms with E-state index in [-0.39, 0.29) is 5.76 Å². The lowest BCUT2D eigenvalue weighted by molar-refractivity contribution is -0.143. The molecule has 1 aromatic rings. The summed E-state index contributed by atoms with van der Waals surface area (Å²) in [6.45, 7) is 1.64. The maximum atomic E-state index is 12.0. The number of ether oxygens (including phenoxy) is 1. The number of piperidine rings is 1. The highest BCUT2D eigenvalue weighted by Crippen LogP contribution is 2.17. The summed E-state index contributed by atoms with van der Waals surface area (Å²) in [5, 5.41) is 3.56. The average molecular weight is 295 g/mol. The molecule has 0 spiro atoms. The van der Waals surface area contributed by atoms with Crippen LogP contribution in [-0.2, 0) is 14.3 Å². The Labute approximate surface area is 121 Å². The van der Waals surface area contributed by atoms with E-state index in [0.717, 1.165) is 12.8 Å². The maximum Gasteiger partial charge on any atom is 0.377 e. The van der Waals surface area contributed by atoms with Crippen LogP contribution in [0.25, 0.3) is 0 Å². The first-order chi connectivity index (χ1) is 9.99. The smallest absolute Gasteiger partial charge is 0.377 e. The predicted octanol–water partition coefficient (Wildman–Crippen LogP) is 0.00622. The molecule has 21 heavy (non-hydrogen) atoms. The minimum absolute atomic E-state index is 0.0644. The van der Waals surface area contributed by atoms with E-state index in [9.17, 15) is 14.4 Å². The molecular formula is C13H17N3O5. The molecular weight excluding hydrogens is 278 g/mol. The van der Waals surface area contributed by atoms with Crippen LogP contribution in [0.4, 0.5) is 0 Å². The molecule has 0 aromatic carbocycles. The van der Waals surface area contributed by atoms with Gasteiger partial charge in [0, 0.05) is 12.6 Å². The van der Waals surface area contributed by atoms with Crippen LogP contribution < -0.4 is 5.73 Å². The van der Waals surface area contributed by atoms with E-state index in [1.807, 2.05) is 0 Å². The van der Waals surface area contributed by atoms with Crippen molar-refractivity contribution in [3.63, 3.8) is 0 Å². The Morgan fingerprint density at radius 2 is 2.24 bits per heavy atom. The van der Waals surface area contributed by atoms with Gasteiger partial charge in [0.15, 0.2) is 6.61 Å². The number of amides is 2. The lowest BCUT2D eigenvalue weighted by Gasteiger charge is -2.33. The molecule has 0 saturated carbocycles. The zero-order valence-electron chi connectivity index (χ0n) is 11.7. The lowest BCUT2D eigenvalue weighted by atomic mass is 10.0. The van der Waals surface area contributed by atoms with Gasteiger partial charge in [-0.3, -0.25) is 9.59 Å². The second-order valence-corrected chi connectivity index (χ2v) is 4.91. The molecule has 1 aromatic heterocycles. The predicted molar refractivity (Wildman–Crippen MR) is 70.1 cm³/mol. The molecule has 8 nitrogen and oxygen atoms in total. The molecule has 1 aliphatic rings. The Balaban J connectivity index is 1.91. The maximum absolute atomic E-state index is 12.0. The molecule has 0 bridgehead atoms. The minimum Gasteiger partial charge on any atom is -0.450 e. The largest absolute Gasteiger partial charge is 0.450 e. The fourth-order valence-corrected chi connectivity index (χ4v) is 2.27. The summed E-state index contributed by atoms with van der Waals surface area (Å²) in [5.74, 6) is -1.81. The van der Waals surface area contributed by atoms with Gasteiger partial charge >= 0.3 is 5.97 Å². The van der Waals surface area contributed by atoms with E-state index < -0.39 is 30.4 Å². The third kappa shape index (κ3) is 3.59. The van der Waals surface area contributed by atoms with Crippen molar-refractivity contribution in [3.05, 3.63) is 17.5 Å². The molecule has 0 aliphatic carbocycles. The van der Waals surface area contributed by atoms with Crippen molar-refractivity contribution in [1.29, 1.82) is 0 Å². The second-order valence-electron chi connectivity index (χ2n) is 4.91. The van der Waals surface area contributed by atoms with E-state index in [0.29, 0.717) is 18.7 Å². The summed E-state index contributed by atoms with van der Waals surface area (Å²) >= 11 is 0. The van der Waals surface area contributed by atoms with Crippen molar-refractivity contribution in [3.8, 4) is 0 Å². The van der Waals surface area contributed by atoms with Gasteiger partial charge in [0.1, 0.15) is 6.04 Å². The SMILES string of the molecule is Cc1cc(C(=O)OCC(=O)N2CCCC[C@@H]2C(N)=O)on1. The topological polar surface area (TPSA) is 116 Å². The van der Waals surface area contributed by atoms with Crippen molar-refractivity contribution in [2.24, 2.45) is 5.73 Å². The standard InChI is InChI=1S/C13H17N3O5/c1-8-6-10(21-15-8)13(19)20-7-11(17)16-5-3-2-4-9(16)12(14)18/h6,9H,2-5,7H2,1H3,(H2,14,18)/t9-/m1/s1. The molecule has 2 amide bonds. The molecule has 1 fully saturated rings. The summed E-state index contributed by atoms with van der Waals surface area (Å²) in [5.41, 5.74) is 5.82. The van der Waals surface area contributed by atoms with E-state index in [1.54, 1.807) is 6.92 Å². The number of nitrogens with two attached hydrogens (primary N) is 1. The number of hydrogen-bond donors (Lipinski definition) is 1. The van der Waals surface area contributed by atoms with Crippen LogP contribution in [-0.4, -0.2) is 47.0 Å². The van der Waals surface area contributed by atoms with Crippen molar-refractivity contribution in [1.82, 2.24) is 10.1 Å². The molecule has 1 aliphatic heterocycles. The number of hydrogen-bond acceptors (Lipinski definition) is 6. The van der Waals surface area contributed by atoms with Gasteiger partial charge in [-0.15, -0.1) is 0 Å². The molecule has 8 heteroatoms. The van der Waals surface area contributed by atoms with Crippen LogP contribution in [0.15, 0.2) is 10.6 Å². The van der Waals surface area contributed by atoms with Crippen molar-refractivity contribution >= 4 is 17.8 Å². The van der Waals surface area contributed by atoms with Gasteiger partial charge in [0.2, 0.25) is 11.7 Å². The van der Waals surface area contributed by atoms with Gasteiger partial charge < -0.3 is 19.9 Å². The number of nitrogens with zero attached hydrogens (tertiary/aromatic N) is 2. The molecule has 2 heterocycles. The first-order valence-corrected chi connectivity index (χ1v) is 6.68. The van der Waals surface area contributed by atoms with Crippen LogP contribution in [0.5, 0.6) is 0 Å². The Morgan fingerprint density at radius 1 is 1.48 bits per heavy atom. The number of primary amides is 1. The van der Waals surface area contributed by atoms with Gasteiger partial charge in [0.25, 0.3) is 5.91 Å². The molecule has 0 unspecified atom stereocenters. The van der Waals surface area contributed by atoms with E-state index in [4.69, 9.17) is 15.0 Å². The number of likely N-dealkylation sites (tertiary alicyclic amines) is 1.